The number of alkyl halides is 3. The molecule has 4 nitrogen and oxygen atoms in total. The van der Waals surface area contributed by atoms with Crippen LogP contribution in [0.3, 0.4) is 0 Å². The van der Waals surface area contributed by atoms with Gasteiger partial charge in [-0.2, -0.15) is 13.2 Å². The van der Waals surface area contributed by atoms with Crippen LogP contribution in [-0.2, 0) is 10.0 Å². The predicted molar refractivity (Wildman–Crippen MR) is 57.1 cm³/mol. The van der Waals surface area contributed by atoms with Crippen molar-refractivity contribution in [2.75, 3.05) is 6.61 Å². The Morgan fingerprint density at radius 1 is 1.35 bits per heavy atom. The summed E-state index contributed by atoms with van der Waals surface area (Å²) in [6.07, 6.45) is -4.55. The van der Waals surface area contributed by atoms with Crippen molar-refractivity contribution in [1.82, 2.24) is 0 Å². The molecule has 0 amide bonds. The lowest BCUT2D eigenvalue weighted by atomic mass is 10.3. The second-order valence-corrected chi connectivity index (χ2v) is 5.49. The molecule has 0 saturated carbocycles. The van der Waals surface area contributed by atoms with Crippen molar-refractivity contribution in [3.8, 4) is 5.75 Å². The van der Waals surface area contributed by atoms with E-state index in [-0.39, 0.29) is 0 Å². The molecular formula is C8H7BrF3NO3S. The zero-order chi connectivity index (χ0) is 13.3. The van der Waals surface area contributed by atoms with Gasteiger partial charge in [0, 0.05) is 4.47 Å². The van der Waals surface area contributed by atoms with Crippen LogP contribution in [0.4, 0.5) is 13.2 Å². The number of sulfonamides is 1. The molecule has 1 rings (SSSR count). The van der Waals surface area contributed by atoms with Crippen LogP contribution in [0.1, 0.15) is 0 Å². The van der Waals surface area contributed by atoms with Crippen molar-refractivity contribution in [2.24, 2.45) is 5.14 Å². The average Bonchev–Trinajstić information content (AvgIpc) is 2.13. The zero-order valence-electron chi connectivity index (χ0n) is 8.16. The normalized spacial score (nSPS) is 12.5. The maximum absolute atomic E-state index is 11.9. The highest BCUT2D eigenvalue weighted by atomic mass is 79.9. The van der Waals surface area contributed by atoms with Crippen LogP contribution in [-0.4, -0.2) is 21.2 Å². The number of hydrogen-bond acceptors (Lipinski definition) is 3. The SMILES string of the molecule is NS(=O)(=O)c1cc(Br)ccc1OCC(F)(F)F. The maximum Gasteiger partial charge on any atom is 0.422 e. The van der Waals surface area contributed by atoms with Crippen LogP contribution in [0.5, 0.6) is 5.75 Å². The highest BCUT2D eigenvalue weighted by Gasteiger charge is 2.29. The van der Waals surface area contributed by atoms with Crippen LogP contribution in [0.25, 0.3) is 0 Å². The zero-order valence-corrected chi connectivity index (χ0v) is 10.6. The van der Waals surface area contributed by atoms with E-state index < -0.39 is 33.5 Å². The minimum atomic E-state index is -4.55. The molecule has 0 saturated heterocycles. The first kappa shape index (κ1) is 14.3. The van der Waals surface area contributed by atoms with E-state index in [0.717, 1.165) is 12.1 Å². The van der Waals surface area contributed by atoms with Gasteiger partial charge in [-0.05, 0) is 18.2 Å². The molecule has 0 atom stereocenters. The number of benzene rings is 1. The molecule has 96 valence electrons. The van der Waals surface area contributed by atoms with Gasteiger partial charge in [-0.1, -0.05) is 15.9 Å². The van der Waals surface area contributed by atoms with Gasteiger partial charge in [0.2, 0.25) is 10.0 Å². The summed E-state index contributed by atoms with van der Waals surface area (Å²) in [4.78, 5) is -0.504. The molecule has 2 N–H and O–H groups in total. The molecule has 0 fully saturated rings. The third-order valence-corrected chi connectivity index (χ3v) is 3.03. The van der Waals surface area contributed by atoms with E-state index in [2.05, 4.69) is 20.7 Å². The lowest BCUT2D eigenvalue weighted by Crippen LogP contribution is -2.21. The highest BCUT2D eigenvalue weighted by molar-refractivity contribution is 9.10. The monoisotopic (exact) mass is 333 g/mol. The van der Waals surface area contributed by atoms with Gasteiger partial charge in [0.25, 0.3) is 0 Å². The van der Waals surface area contributed by atoms with Crippen LogP contribution in [0.2, 0.25) is 0 Å². The topological polar surface area (TPSA) is 69.4 Å². The first-order valence-electron chi connectivity index (χ1n) is 4.11. The highest BCUT2D eigenvalue weighted by Crippen LogP contribution is 2.28. The third-order valence-electron chi connectivity index (χ3n) is 1.60. The van der Waals surface area contributed by atoms with Crippen LogP contribution in [0, 0.1) is 0 Å². The van der Waals surface area contributed by atoms with E-state index in [1.165, 1.54) is 6.07 Å². The Bertz CT molecular complexity index is 515. The first-order valence-corrected chi connectivity index (χ1v) is 6.45. The molecule has 0 aliphatic carbocycles. The second-order valence-electron chi connectivity index (χ2n) is 3.04. The molecule has 1 aromatic carbocycles. The van der Waals surface area contributed by atoms with Gasteiger partial charge in [-0.3, -0.25) is 0 Å². The molecule has 17 heavy (non-hydrogen) atoms. The van der Waals surface area contributed by atoms with Gasteiger partial charge < -0.3 is 4.74 Å². The van der Waals surface area contributed by atoms with Crippen molar-refractivity contribution < 1.29 is 26.3 Å². The van der Waals surface area contributed by atoms with E-state index in [4.69, 9.17) is 5.14 Å². The van der Waals surface area contributed by atoms with Gasteiger partial charge in [-0.25, -0.2) is 13.6 Å². The van der Waals surface area contributed by atoms with E-state index >= 15 is 0 Å². The Balaban J connectivity index is 3.08. The molecular weight excluding hydrogens is 327 g/mol. The number of halogens is 4. The van der Waals surface area contributed by atoms with Crippen LogP contribution in [0.15, 0.2) is 27.6 Å². The Kier molecular flexibility index (Phi) is 4.05. The summed E-state index contributed by atoms with van der Waals surface area (Å²) in [7, 11) is -4.15. The van der Waals surface area contributed by atoms with Crippen LogP contribution < -0.4 is 9.88 Å². The molecule has 0 aliphatic heterocycles. The van der Waals surface area contributed by atoms with Crippen molar-refractivity contribution in [3.05, 3.63) is 22.7 Å². The number of nitrogens with two attached hydrogens (primary N) is 1. The van der Waals surface area contributed by atoms with Crippen molar-refractivity contribution in [3.63, 3.8) is 0 Å². The van der Waals surface area contributed by atoms with Crippen molar-refractivity contribution in [2.45, 2.75) is 11.1 Å². The summed E-state index contributed by atoms with van der Waals surface area (Å²) in [6, 6.07) is 3.51. The number of hydrogen-bond donors (Lipinski definition) is 1. The standard InChI is InChI=1S/C8H7BrF3NO3S/c9-5-1-2-6(16-4-8(10,11)12)7(3-5)17(13,14)15/h1-3H,4H2,(H2,13,14,15). The average molecular weight is 334 g/mol. The fourth-order valence-corrected chi connectivity index (χ4v) is 2.19. The minimum absolute atomic E-state index is 0.362. The van der Waals surface area contributed by atoms with Gasteiger partial charge in [-0.15, -0.1) is 0 Å². The third kappa shape index (κ3) is 4.52. The minimum Gasteiger partial charge on any atom is -0.483 e. The predicted octanol–water partition coefficient (Wildman–Crippen LogP) is 2.04. The van der Waals surface area contributed by atoms with E-state index in [1.807, 2.05) is 0 Å². The molecule has 0 heterocycles. The summed E-state index contributed by atoms with van der Waals surface area (Å²) >= 11 is 2.98. The lowest BCUT2D eigenvalue weighted by Gasteiger charge is -2.12. The van der Waals surface area contributed by atoms with Gasteiger partial charge in [0.15, 0.2) is 6.61 Å². The van der Waals surface area contributed by atoms with Gasteiger partial charge in [0.05, 0.1) is 0 Å². The number of primary sulfonamides is 1. The van der Waals surface area contributed by atoms with Gasteiger partial charge >= 0.3 is 6.18 Å². The van der Waals surface area contributed by atoms with Crippen molar-refractivity contribution in [1.29, 1.82) is 0 Å². The largest absolute Gasteiger partial charge is 0.483 e. The molecule has 0 aliphatic rings. The van der Waals surface area contributed by atoms with Crippen molar-refractivity contribution >= 4 is 26.0 Å². The number of rotatable bonds is 3. The molecule has 0 aromatic heterocycles. The lowest BCUT2D eigenvalue weighted by molar-refractivity contribution is -0.153. The summed E-state index contributed by atoms with van der Waals surface area (Å²) < 4.78 is 62.8. The quantitative estimate of drug-likeness (QED) is 0.920. The summed E-state index contributed by atoms with van der Waals surface area (Å²) in [5.41, 5.74) is 0. The summed E-state index contributed by atoms with van der Waals surface area (Å²) in [6.45, 7) is -1.59. The molecule has 0 unspecified atom stereocenters. The van der Waals surface area contributed by atoms with Gasteiger partial charge in [0.1, 0.15) is 10.6 Å². The summed E-state index contributed by atoms with van der Waals surface area (Å²) in [5, 5.41) is 4.86. The Morgan fingerprint density at radius 2 is 1.94 bits per heavy atom. The fraction of sp³-hybridized carbons (Fsp3) is 0.250. The van der Waals surface area contributed by atoms with E-state index in [1.54, 1.807) is 0 Å². The molecule has 9 heteroatoms. The van der Waals surface area contributed by atoms with E-state index in [9.17, 15) is 21.6 Å². The first-order chi connectivity index (χ1) is 7.59. The Morgan fingerprint density at radius 3 is 2.41 bits per heavy atom. The Hall–Kier alpha value is -0.800. The van der Waals surface area contributed by atoms with E-state index in [0.29, 0.717) is 4.47 Å². The number of ether oxygens (including phenoxy) is 1. The molecule has 1 aromatic rings. The molecule has 0 bridgehead atoms. The fourth-order valence-electron chi connectivity index (χ4n) is 0.983. The molecule has 0 radical (unpaired) electrons. The maximum atomic E-state index is 11.9. The Labute approximate surface area is 104 Å². The van der Waals surface area contributed by atoms with Crippen LogP contribution >= 0.6 is 15.9 Å². The molecule has 0 spiro atoms. The summed E-state index contributed by atoms with van der Waals surface area (Å²) in [5.74, 6) is -0.437. The smallest absolute Gasteiger partial charge is 0.422 e. The second kappa shape index (κ2) is 4.83.